The molecule has 0 saturated carbocycles. The summed E-state index contributed by atoms with van der Waals surface area (Å²) in [5, 5.41) is 20.0. The minimum atomic E-state index is -0.0388. The molecule has 0 radical (unpaired) electrons. The fraction of sp³-hybridized carbons (Fsp3) is 0.714. The zero-order valence-electron chi connectivity index (χ0n) is 12.5. The molecule has 0 unspecified atom stereocenters. The molecule has 0 aromatic carbocycles. The van der Waals surface area contributed by atoms with Crippen molar-refractivity contribution in [2.45, 2.75) is 38.5 Å². The lowest BCUT2D eigenvalue weighted by atomic mass is 10.1. The lowest BCUT2D eigenvalue weighted by molar-refractivity contribution is 0.174. The van der Waals surface area contributed by atoms with Gasteiger partial charge in [-0.15, -0.1) is 4.73 Å². The summed E-state index contributed by atoms with van der Waals surface area (Å²) >= 11 is 0. The highest BCUT2D eigenvalue weighted by atomic mass is 16.5. The fourth-order valence-corrected chi connectivity index (χ4v) is 2.59. The van der Waals surface area contributed by atoms with E-state index in [2.05, 4.69) is 15.2 Å². The SMILES string of the molecule is C1CCNCC1.N=c1cc(N2CCCCC2)nc(N)n1O. The summed E-state index contributed by atoms with van der Waals surface area (Å²) in [5.74, 6) is 0.644. The van der Waals surface area contributed by atoms with Crippen molar-refractivity contribution in [3.63, 3.8) is 0 Å². The second-order valence-electron chi connectivity index (χ2n) is 5.53. The van der Waals surface area contributed by atoms with E-state index in [0.29, 0.717) is 10.5 Å². The molecule has 21 heavy (non-hydrogen) atoms. The minimum Gasteiger partial charge on any atom is -0.423 e. The van der Waals surface area contributed by atoms with E-state index >= 15 is 0 Å². The molecule has 3 heterocycles. The van der Waals surface area contributed by atoms with Gasteiger partial charge in [-0.05, 0) is 45.2 Å². The quantitative estimate of drug-likeness (QED) is 0.577. The van der Waals surface area contributed by atoms with Crippen molar-refractivity contribution in [3.05, 3.63) is 11.6 Å². The summed E-state index contributed by atoms with van der Waals surface area (Å²) in [6.45, 7) is 4.39. The molecule has 0 aliphatic carbocycles. The first-order chi connectivity index (χ1) is 10.2. The normalized spacial score (nSPS) is 18.8. The molecule has 7 nitrogen and oxygen atoms in total. The van der Waals surface area contributed by atoms with Crippen LogP contribution in [0.2, 0.25) is 0 Å². The van der Waals surface area contributed by atoms with E-state index in [-0.39, 0.29) is 11.4 Å². The molecule has 0 bridgehead atoms. The maximum Gasteiger partial charge on any atom is 0.238 e. The topological polar surface area (TPSA) is 103 Å². The first-order valence-corrected chi connectivity index (χ1v) is 7.77. The lowest BCUT2D eigenvalue weighted by Crippen LogP contribution is -2.33. The fourth-order valence-electron chi connectivity index (χ4n) is 2.59. The Morgan fingerprint density at radius 3 is 2.19 bits per heavy atom. The van der Waals surface area contributed by atoms with Gasteiger partial charge in [0, 0.05) is 19.2 Å². The van der Waals surface area contributed by atoms with Gasteiger partial charge in [0.05, 0.1) is 0 Å². The van der Waals surface area contributed by atoms with E-state index in [4.69, 9.17) is 11.1 Å². The van der Waals surface area contributed by atoms with Crippen molar-refractivity contribution in [2.75, 3.05) is 36.8 Å². The molecule has 0 atom stereocenters. The van der Waals surface area contributed by atoms with Crippen LogP contribution < -0.4 is 21.4 Å². The van der Waals surface area contributed by atoms with Crippen LogP contribution in [-0.4, -0.2) is 41.1 Å². The highest BCUT2D eigenvalue weighted by molar-refractivity contribution is 5.41. The number of nitrogens with zero attached hydrogens (tertiary/aromatic N) is 3. The minimum absolute atomic E-state index is 0.0388. The molecular weight excluding hydrogens is 268 g/mol. The lowest BCUT2D eigenvalue weighted by Gasteiger charge is -2.27. The number of piperidine rings is 2. The summed E-state index contributed by atoms with van der Waals surface area (Å²) in [7, 11) is 0. The third-order valence-electron chi connectivity index (χ3n) is 3.83. The maximum atomic E-state index is 9.25. The van der Waals surface area contributed by atoms with Crippen LogP contribution in [0.3, 0.4) is 0 Å². The monoisotopic (exact) mass is 294 g/mol. The number of nitrogens with one attached hydrogen (secondary N) is 2. The molecule has 5 N–H and O–H groups in total. The molecule has 3 rings (SSSR count). The van der Waals surface area contributed by atoms with Crippen LogP contribution in [0, 0.1) is 5.41 Å². The first-order valence-electron chi connectivity index (χ1n) is 7.77. The van der Waals surface area contributed by atoms with Crippen LogP contribution >= 0.6 is 0 Å². The molecular formula is C14H26N6O. The van der Waals surface area contributed by atoms with Gasteiger partial charge in [0.2, 0.25) is 5.95 Å². The molecule has 2 aliphatic heterocycles. The highest BCUT2D eigenvalue weighted by Crippen LogP contribution is 2.16. The van der Waals surface area contributed by atoms with Crippen molar-refractivity contribution in [1.82, 2.24) is 15.0 Å². The Hall–Kier alpha value is -1.76. The van der Waals surface area contributed by atoms with Crippen LogP contribution in [0.4, 0.5) is 11.8 Å². The molecule has 0 amide bonds. The summed E-state index contributed by atoms with van der Waals surface area (Å²) < 4.78 is 0.577. The van der Waals surface area contributed by atoms with Gasteiger partial charge in [-0.25, -0.2) is 0 Å². The van der Waals surface area contributed by atoms with Crippen molar-refractivity contribution in [1.29, 1.82) is 5.41 Å². The van der Waals surface area contributed by atoms with Gasteiger partial charge in [0.1, 0.15) is 5.82 Å². The number of hydrogen-bond donors (Lipinski definition) is 4. The molecule has 2 saturated heterocycles. The van der Waals surface area contributed by atoms with Crippen molar-refractivity contribution >= 4 is 11.8 Å². The second-order valence-corrected chi connectivity index (χ2v) is 5.53. The number of rotatable bonds is 1. The Bertz CT molecular complexity index is 479. The van der Waals surface area contributed by atoms with Gasteiger partial charge in [-0.1, -0.05) is 6.42 Å². The van der Waals surface area contributed by atoms with Gasteiger partial charge in [-0.3, -0.25) is 5.41 Å². The largest absolute Gasteiger partial charge is 0.423 e. The van der Waals surface area contributed by atoms with E-state index in [1.165, 1.54) is 44.8 Å². The average Bonchev–Trinajstić information content (AvgIpc) is 2.55. The smallest absolute Gasteiger partial charge is 0.238 e. The Labute approximate surface area is 125 Å². The Kier molecular flexibility index (Phi) is 5.86. The predicted octanol–water partition coefficient (Wildman–Crippen LogP) is 0.932. The van der Waals surface area contributed by atoms with Crippen LogP contribution in [0.1, 0.15) is 38.5 Å². The van der Waals surface area contributed by atoms with Gasteiger partial charge in [0.25, 0.3) is 0 Å². The molecule has 2 aliphatic rings. The van der Waals surface area contributed by atoms with Gasteiger partial charge in [-0.2, -0.15) is 4.98 Å². The summed E-state index contributed by atoms with van der Waals surface area (Å²) in [6, 6.07) is 1.53. The van der Waals surface area contributed by atoms with Gasteiger partial charge in [0.15, 0.2) is 5.49 Å². The van der Waals surface area contributed by atoms with Crippen LogP contribution in [-0.2, 0) is 0 Å². The molecule has 1 aromatic heterocycles. The molecule has 7 heteroatoms. The third-order valence-corrected chi connectivity index (χ3v) is 3.83. The van der Waals surface area contributed by atoms with Crippen molar-refractivity contribution in [2.24, 2.45) is 0 Å². The molecule has 1 aromatic rings. The van der Waals surface area contributed by atoms with E-state index < -0.39 is 0 Å². The Morgan fingerprint density at radius 2 is 1.71 bits per heavy atom. The average molecular weight is 294 g/mol. The van der Waals surface area contributed by atoms with Crippen LogP contribution in [0.25, 0.3) is 0 Å². The second kappa shape index (κ2) is 7.87. The molecule has 0 spiro atoms. The summed E-state index contributed by atoms with van der Waals surface area (Å²) in [4.78, 5) is 6.15. The maximum absolute atomic E-state index is 9.25. The molecule has 118 valence electrons. The molecule has 2 fully saturated rings. The van der Waals surface area contributed by atoms with E-state index in [9.17, 15) is 5.21 Å². The highest BCUT2D eigenvalue weighted by Gasteiger charge is 2.13. The van der Waals surface area contributed by atoms with Crippen molar-refractivity contribution < 1.29 is 5.21 Å². The number of aromatic nitrogens is 2. The zero-order chi connectivity index (χ0) is 15.1. The van der Waals surface area contributed by atoms with E-state index in [0.717, 1.165) is 25.9 Å². The summed E-state index contributed by atoms with van der Waals surface area (Å²) in [6.07, 6.45) is 7.74. The standard InChI is InChI=1S/C9H15N5O.C5H11N/c10-7-6-8(12-9(11)14(7)15)13-4-2-1-3-5-13;1-2-4-6-5-3-1/h6,10,15H,1-5H2,(H2,11,12);6H,1-5H2. The number of nitrogens with two attached hydrogens (primary N) is 1. The van der Waals surface area contributed by atoms with Gasteiger partial charge < -0.3 is 21.2 Å². The van der Waals surface area contributed by atoms with E-state index in [1.807, 2.05) is 0 Å². The van der Waals surface area contributed by atoms with E-state index in [1.54, 1.807) is 0 Å². The van der Waals surface area contributed by atoms with Crippen LogP contribution in [0.5, 0.6) is 0 Å². The number of anilines is 2. The third kappa shape index (κ3) is 4.63. The Balaban J connectivity index is 0.000000225. The van der Waals surface area contributed by atoms with Gasteiger partial charge >= 0.3 is 0 Å². The van der Waals surface area contributed by atoms with Crippen molar-refractivity contribution in [3.8, 4) is 0 Å². The zero-order valence-corrected chi connectivity index (χ0v) is 12.5. The first kappa shape index (κ1) is 15.6. The number of nitrogen functional groups attached to an aromatic ring is 1. The number of hydrogen-bond acceptors (Lipinski definition) is 6. The Morgan fingerprint density at radius 1 is 1.10 bits per heavy atom. The summed E-state index contributed by atoms with van der Waals surface area (Å²) in [5.41, 5.74) is 5.44. The predicted molar refractivity (Wildman–Crippen MR) is 82.5 cm³/mol. The van der Waals surface area contributed by atoms with Crippen LogP contribution in [0.15, 0.2) is 6.07 Å².